The Morgan fingerprint density at radius 3 is 1.10 bits per heavy atom. The number of para-hydroxylation sites is 2. The second-order valence-electron chi connectivity index (χ2n) is 16.8. The topological polar surface area (TPSA) is 81.2 Å². The highest BCUT2D eigenvalue weighted by Gasteiger charge is 2.39. The number of halogens is 12. The molecule has 0 saturated carbocycles. The first-order valence-corrected chi connectivity index (χ1v) is 21.3. The smallest absolute Gasteiger partial charge is 0.309 e. The monoisotopic (exact) mass is 983 g/mol. The van der Waals surface area contributed by atoms with Crippen molar-refractivity contribution in [2.45, 2.75) is 24.7 Å². The Balaban J connectivity index is 1.30. The molecule has 0 fully saturated rings. The zero-order chi connectivity index (χ0) is 51.2. The molecule has 0 aliphatic rings. The molecule has 0 aliphatic carbocycles. The van der Waals surface area contributed by atoms with Crippen molar-refractivity contribution in [3.05, 3.63) is 191 Å². The van der Waals surface area contributed by atoms with Crippen molar-refractivity contribution in [3.8, 4) is 63.0 Å². The van der Waals surface area contributed by atoms with Crippen LogP contribution in [0.25, 0.3) is 88.4 Å². The second kappa shape index (κ2) is 16.6. The van der Waals surface area contributed by atoms with Gasteiger partial charge in [0, 0.05) is 27.1 Å². The summed E-state index contributed by atoms with van der Waals surface area (Å²) in [5.74, 6) is 0. The van der Waals surface area contributed by atoms with E-state index in [0.717, 1.165) is 0 Å². The summed E-state index contributed by atoms with van der Waals surface area (Å²) >= 11 is 0. The highest BCUT2D eigenvalue weighted by atomic mass is 19.4. The third-order valence-corrected chi connectivity index (χ3v) is 12.4. The Labute approximate surface area is 398 Å². The van der Waals surface area contributed by atoms with Gasteiger partial charge in [0.15, 0.2) is 0 Å². The Kier molecular flexibility index (Phi) is 10.7. The number of aromatic nitrogens is 2. The normalized spacial score (nSPS) is 12.4. The van der Waals surface area contributed by atoms with Gasteiger partial charge in [0.05, 0.1) is 84.5 Å². The predicted molar refractivity (Wildman–Crippen MR) is 246 cm³/mol. The molecule has 10 rings (SSSR count). The lowest BCUT2D eigenvalue weighted by atomic mass is 9.96. The lowest BCUT2D eigenvalue weighted by Crippen LogP contribution is -2.11. The number of hydrogen-bond donors (Lipinski definition) is 0. The second-order valence-corrected chi connectivity index (χ2v) is 16.8. The maximum atomic E-state index is 14.1. The predicted octanol–water partition coefficient (Wildman–Crippen LogP) is 16.6. The first kappa shape index (κ1) is 46.7. The molecule has 5 nitrogen and oxygen atoms in total. The minimum Gasteiger partial charge on any atom is -0.309 e. The van der Waals surface area contributed by atoms with Crippen molar-refractivity contribution in [3.63, 3.8) is 0 Å². The lowest BCUT2D eigenvalue weighted by molar-refractivity contribution is -0.144. The summed E-state index contributed by atoms with van der Waals surface area (Å²) in [6.45, 7) is 0. The molecule has 72 heavy (non-hydrogen) atoms. The summed E-state index contributed by atoms with van der Waals surface area (Å²) in [5, 5.41) is 33.5. The molecule has 0 N–H and O–H groups in total. The van der Waals surface area contributed by atoms with E-state index >= 15 is 0 Å². The first-order chi connectivity index (χ1) is 34.0. The average molecular weight is 984 g/mol. The summed E-state index contributed by atoms with van der Waals surface area (Å²) in [5.41, 5.74) is -4.79. The Hall–Kier alpha value is -9.01. The van der Waals surface area contributed by atoms with E-state index < -0.39 is 58.1 Å². The van der Waals surface area contributed by atoms with E-state index in [9.17, 15) is 68.5 Å². The zero-order valence-corrected chi connectivity index (χ0v) is 36.2. The molecule has 0 aliphatic heterocycles. The maximum Gasteiger partial charge on any atom is 0.416 e. The molecular formula is C55H25F12N5. The van der Waals surface area contributed by atoms with E-state index in [4.69, 9.17) is 0 Å². The molecule has 0 bridgehead atoms. The van der Waals surface area contributed by atoms with E-state index in [2.05, 4.69) is 6.07 Å². The molecule has 0 radical (unpaired) electrons. The van der Waals surface area contributed by atoms with Gasteiger partial charge in [0.1, 0.15) is 6.07 Å². The summed E-state index contributed by atoms with van der Waals surface area (Å²) in [4.78, 5) is 0. The van der Waals surface area contributed by atoms with Gasteiger partial charge in [0.2, 0.25) is 0 Å². The minimum atomic E-state index is -5.15. The molecule has 0 atom stereocenters. The average Bonchev–Trinajstić information content (AvgIpc) is 3.86. The fourth-order valence-corrected chi connectivity index (χ4v) is 9.24. The van der Waals surface area contributed by atoms with Crippen LogP contribution in [-0.4, -0.2) is 9.13 Å². The van der Waals surface area contributed by atoms with Crippen molar-refractivity contribution in [1.82, 2.24) is 9.13 Å². The van der Waals surface area contributed by atoms with E-state index in [0.29, 0.717) is 56.8 Å². The molecule has 0 saturated heterocycles. The number of fused-ring (bicyclic) bond motifs is 6. The lowest BCUT2D eigenvalue weighted by Gasteiger charge is -2.19. The third kappa shape index (κ3) is 8.06. The van der Waals surface area contributed by atoms with Crippen LogP contribution in [0.1, 0.15) is 38.9 Å². The fourth-order valence-electron chi connectivity index (χ4n) is 9.24. The summed E-state index contributed by atoms with van der Waals surface area (Å²) in [6, 6.07) is 38.3. The molecule has 2 heterocycles. The van der Waals surface area contributed by atoms with E-state index in [1.165, 1.54) is 60.7 Å². The quantitative estimate of drug-likeness (QED) is 0.161. The maximum absolute atomic E-state index is 14.1. The summed E-state index contributed by atoms with van der Waals surface area (Å²) < 4.78 is 172. The van der Waals surface area contributed by atoms with E-state index in [-0.39, 0.29) is 73.5 Å². The molecule has 10 aromatic rings. The molecule has 354 valence electrons. The van der Waals surface area contributed by atoms with Crippen LogP contribution in [0.5, 0.6) is 0 Å². The van der Waals surface area contributed by atoms with Crippen LogP contribution in [0.2, 0.25) is 0 Å². The largest absolute Gasteiger partial charge is 0.416 e. The highest BCUT2D eigenvalue weighted by molar-refractivity contribution is 6.12. The van der Waals surface area contributed by atoms with Crippen LogP contribution >= 0.6 is 0 Å². The number of alkyl halides is 12. The Bertz CT molecular complexity index is 3940. The van der Waals surface area contributed by atoms with Gasteiger partial charge in [-0.05, 0) is 119 Å². The van der Waals surface area contributed by atoms with Crippen molar-refractivity contribution in [2.24, 2.45) is 0 Å². The molecule has 0 spiro atoms. The van der Waals surface area contributed by atoms with Gasteiger partial charge in [-0.15, -0.1) is 0 Å². The van der Waals surface area contributed by atoms with Crippen molar-refractivity contribution < 1.29 is 52.7 Å². The highest BCUT2D eigenvalue weighted by Crippen LogP contribution is 2.45. The van der Waals surface area contributed by atoms with Crippen molar-refractivity contribution in [1.29, 1.82) is 15.8 Å². The summed E-state index contributed by atoms with van der Waals surface area (Å²) in [6.07, 6.45) is -20.6. The minimum absolute atomic E-state index is 0.0212. The van der Waals surface area contributed by atoms with Gasteiger partial charge in [-0.25, -0.2) is 0 Å². The number of benzene rings is 8. The van der Waals surface area contributed by atoms with Crippen LogP contribution in [0, 0.1) is 34.0 Å². The van der Waals surface area contributed by atoms with E-state index in [1.807, 2.05) is 12.1 Å². The molecule has 8 aromatic carbocycles. The van der Waals surface area contributed by atoms with Crippen molar-refractivity contribution >= 4 is 43.6 Å². The van der Waals surface area contributed by atoms with Gasteiger partial charge < -0.3 is 9.13 Å². The number of hydrogen-bond acceptors (Lipinski definition) is 3. The standard InChI is InChI=1S/C55H25F12N5/c56-52(57,58)37-16-33(17-38(23-37)53(59,60)61)31-9-11-43-41-5-1-3-7-46(41)71(49(43)20-31)48-25-45(35-14-29(26-68)13-30(15-35)27-69)51(22-36(48)28-70)72-47-8-4-2-6-42(47)44-12-10-32(21-50(44)72)34-18-39(54(62,63)64)24-40(19-34)55(65,66)67/h1-25H. The SMILES string of the molecule is N#Cc1cc(C#N)cc(-c2cc(-n3c4ccccc4c4ccc(-c5cc(C(F)(F)F)cc(C(F)(F)F)c5)cc43)c(C#N)cc2-n2c3ccccc3c3ccc(-c4cc(C(F)(F)F)cc(C(F)(F)F)c4)cc32)c1. The van der Waals surface area contributed by atoms with Crippen LogP contribution in [0.3, 0.4) is 0 Å². The molecule has 17 heteroatoms. The van der Waals surface area contributed by atoms with Gasteiger partial charge in [-0.1, -0.05) is 60.7 Å². The Morgan fingerprint density at radius 1 is 0.319 bits per heavy atom. The summed E-state index contributed by atoms with van der Waals surface area (Å²) in [7, 11) is 0. The zero-order valence-electron chi connectivity index (χ0n) is 36.2. The Morgan fingerprint density at radius 2 is 0.708 bits per heavy atom. The number of nitrogens with zero attached hydrogens (tertiary/aromatic N) is 5. The number of nitriles is 3. The van der Waals surface area contributed by atoms with Crippen LogP contribution in [0.15, 0.2) is 152 Å². The molecular weight excluding hydrogens is 959 g/mol. The van der Waals surface area contributed by atoms with Gasteiger partial charge in [-0.3, -0.25) is 0 Å². The molecule has 2 aromatic heterocycles. The van der Waals surface area contributed by atoms with Crippen LogP contribution in [-0.2, 0) is 24.7 Å². The van der Waals surface area contributed by atoms with E-state index in [1.54, 1.807) is 63.7 Å². The van der Waals surface area contributed by atoms with Crippen LogP contribution < -0.4 is 0 Å². The fraction of sp³-hybridized carbons (Fsp3) is 0.0727. The molecule has 0 unspecified atom stereocenters. The first-order valence-electron chi connectivity index (χ1n) is 21.3. The van der Waals surface area contributed by atoms with Crippen molar-refractivity contribution in [2.75, 3.05) is 0 Å². The third-order valence-electron chi connectivity index (χ3n) is 12.4. The number of rotatable bonds is 5. The van der Waals surface area contributed by atoms with Gasteiger partial charge >= 0.3 is 24.7 Å². The molecule has 0 amide bonds. The van der Waals surface area contributed by atoms with Gasteiger partial charge in [-0.2, -0.15) is 68.5 Å². The van der Waals surface area contributed by atoms with Crippen LogP contribution in [0.4, 0.5) is 52.7 Å². The van der Waals surface area contributed by atoms with Gasteiger partial charge in [0.25, 0.3) is 0 Å².